The van der Waals surface area contributed by atoms with Crippen LogP contribution in [0.2, 0.25) is 0 Å². The van der Waals surface area contributed by atoms with Crippen molar-refractivity contribution in [3.63, 3.8) is 0 Å². The van der Waals surface area contributed by atoms with Crippen LogP contribution in [0.4, 0.5) is 0 Å². The third-order valence-corrected chi connectivity index (χ3v) is 6.22. The SMILES string of the molecule is CCC=CCC=CCC=CCC=CCC=CCC=CCCC(=O)NCC(NC(=O)c1cnc(C)cn1)C(=O)OCC(CO)CO. The molecule has 0 spiro atoms. The van der Waals surface area contributed by atoms with Crippen molar-refractivity contribution in [2.75, 3.05) is 26.4 Å². The van der Waals surface area contributed by atoms with Gasteiger partial charge in [0.2, 0.25) is 5.91 Å². The minimum absolute atomic E-state index is 0.00553. The molecular weight excluding hydrogens is 572 g/mol. The normalized spacial score (nSPS) is 12.9. The first-order valence-corrected chi connectivity index (χ1v) is 15.6. The molecule has 0 radical (unpaired) electrons. The quantitative estimate of drug-likeness (QED) is 0.102. The maximum absolute atomic E-state index is 12.6. The van der Waals surface area contributed by atoms with Gasteiger partial charge in [-0.15, -0.1) is 0 Å². The molecule has 0 saturated heterocycles. The van der Waals surface area contributed by atoms with Crippen LogP contribution < -0.4 is 10.6 Å². The van der Waals surface area contributed by atoms with Crippen molar-refractivity contribution in [3.8, 4) is 0 Å². The molecular formula is C35H50N4O6. The van der Waals surface area contributed by atoms with E-state index in [-0.39, 0.29) is 44.4 Å². The van der Waals surface area contributed by atoms with E-state index in [4.69, 9.17) is 4.74 Å². The molecule has 0 saturated carbocycles. The minimum Gasteiger partial charge on any atom is -0.464 e. The standard InChI is InChI=1S/C35H50N4O6/c1-3-4-5-6-7-8-9-10-11-12-13-14-15-16-17-18-19-20-21-22-33(42)38-25-32(35(44)45-28-30(26-40)27-41)39-34(43)31-24-36-29(2)23-37-31/h4-5,7-8,10-11,13-14,16-17,19-20,23-24,30,32,40-41H,3,6,9,12,15,18,21-22,25-28H2,1-2H3,(H,38,42)(H,39,43). The van der Waals surface area contributed by atoms with Crippen LogP contribution in [-0.4, -0.2) is 70.4 Å². The Kier molecular flexibility index (Phi) is 22.7. The Labute approximate surface area is 267 Å². The molecule has 0 aliphatic rings. The molecule has 0 aliphatic carbocycles. The summed E-state index contributed by atoms with van der Waals surface area (Å²) in [6, 6.07) is -1.20. The second kappa shape index (κ2) is 26.3. The Morgan fingerprint density at radius 1 is 0.800 bits per heavy atom. The van der Waals surface area contributed by atoms with Crippen LogP contribution in [0.15, 0.2) is 85.3 Å². The Balaban J connectivity index is 2.36. The molecule has 0 aromatic carbocycles. The average Bonchev–Trinajstić information content (AvgIpc) is 3.04. The largest absolute Gasteiger partial charge is 0.464 e. The van der Waals surface area contributed by atoms with Crippen LogP contribution >= 0.6 is 0 Å². The van der Waals surface area contributed by atoms with Gasteiger partial charge in [0.05, 0.1) is 31.7 Å². The summed E-state index contributed by atoms with van der Waals surface area (Å²) in [4.78, 5) is 45.6. The molecule has 0 bridgehead atoms. The van der Waals surface area contributed by atoms with Crippen molar-refractivity contribution in [1.29, 1.82) is 0 Å². The summed E-state index contributed by atoms with van der Waals surface area (Å²) in [7, 11) is 0. The fourth-order valence-electron chi connectivity index (χ4n) is 3.56. The van der Waals surface area contributed by atoms with E-state index in [1.807, 2.05) is 12.2 Å². The van der Waals surface area contributed by atoms with Crippen LogP contribution in [0, 0.1) is 12.8 Å². The van der Waals surface area contributed by atoms with E-state index in [0.29, 0.717) is 12.1 Å². The highest BCUT2D eigenvalue weighted by Gasteiger charge is 2.25. The second-order valence-corrected chi connectivity index (χ2v) is 10.2. The fraction of sp³-hybridized carbons (Fsp3) is 0.457. The summed E-state index contributed by atoms with van der Waals surface area (Å²) in [5.74, 6) is -2.41. The topological polar surface area (TPSA) is 151 Å². The lowest BCUT2D eigenvalue weighted by atomic mass is 10.2. The molecule has 246 valence electrons. The Bertz CT molecular complexity index is 1150. The van der Waals surface area contributed by atoms with Crippen molar-refractivity contribution < 1.29 is 29.3 Å². The van der Waals surface area contributed by atoms with E-state index >= 15 is 0 Å². The zero-order valence-corrected chi connectivity index (χ0v) is 26.6. The zero-order chi connectivity index (χ0) is 33.0. The van der Waals surface area contributed by atoms with E-state index in [1.165, 1.54) is 12.4 Å². The van der Waals surface area contributed by atoms with Crippen molar-refractivity contribution in [2.45, 2.75) is 71.3 Å². The third-order valence-electron chi connectivity index (χ3n) is 6.22. The Morgan fingerprint density at radius 2 is 1.33 bits per heavy atom. The smallest absolute Gasteiger partial charge is 0.330 e. The molecule has 1 atom stereocenters. The lowest BCUT2D eigenvalue weighted by molar-refractivity contribution is -0.148. The van der Waals surface area contributed by atoms with Gasteiger partial charge in [-0.1, -0.05) is 79.8 Å². The van der Waals surface area contributed by atoms with E-state index in [0.717, 1.165) is 38.5 Å². The first-order chi connectivity index (χ1) is 21.9. The number of amides is 2. The number of aromatic nitrogens is 2. The molecule has 1 rings (SSSR count). The number of aryl methyl sites for hydroxylation is 1. The maximum Gasteiger partial charge on any atom is 0.330 e. The molecule has 45 heavy (non-hydrogen) atoms. The lowest BCUT2D eigenvalue weighted by Gasteiger charge is -2.19. The van der Waals surface area contributed by atoms with Gasteiger partial charge in [-0.25, -0.2) is 9.78 Å². The van der Waals surface area contributed by atoms with Crippen molar-refractivity contribution in [1.82, 2.24) is 20.6 Å². The summed E-state index contributed by atoms with van der Waals surface area (Å²) < 4.78 is 5.15. The number of hydrogen-bond donors (Lipinski definition) is 4. The molecule has 1 aromatic heterocycles. The Morgan fingerprint density at radius 3 is 1.82 bits per heavy atom. The number of carbonyl (C=O) groups is 3. The van der Waals surface area contributed by atoms with Gasteiger partial charge >= 0.3 is 5.97 Å². The predicted molar refractivity (Wildman–Crippen MR) is 177 cm³/mol. The van der Waals surface area contributed by atoms with Gasteiger partial charge < -0.3 is 25.6 Å². The molecule has 10 heteroatoms. The highest BCUT2D eigenvalue weighted by Crippen LogP contribution is 2.02. The Hall–Kier alpha value is -4.15. The minimum atomic E-state index is -1.20. The molecule has 10 nitrogen and oxygen atoms in total. The van der Waals surface area contributed by atoms with Crippen molar-refractivity contribution >= 4 is 17.8 Å². The molecule has 1 aromatic rings. The summed E-state index contributed by atoms with van der Waals surface area (Å²) in [6.07, 6.45) is 34.4. The van der Waals surface area contributed by atoms with Crippen molar-refractivity contribution in [2.24, 2.45) is 5.92 Å². The molecule has 0 aliphatic heterocycles. The number of rotatable bonds is 23. The van der Waals surface area contributed by atoms with Gasteiger partial charge in [-0.05, 0) is 51.9 Å². The molecule has 2 amide bonds. The number of aliphatic hydroxyl groups is 2. The molecule has 4 N–H and O–H groups in total. The maximum atomic E-state index is 12.6. The van der Waals surface area contributed by atoms with Gasteiger partial charge in [-0.3, -0.25) is 14.6 Å². The van der Waals surface area contributed by atoms with E-state index < -0.39 is 23.8 Å². The first kappa shape index (κ1) is 38.9. The van der Waals surface area contributed by atoms with Crippen LogP contribution in [0.25, 0.3) is 0 Å². The van der Waals surface area contributed by atoms with Gasteiger partial charge in [0, 0.05) is 25.1 Å². The number of aliphatic hydroxyl groups excluding tert-OH is 2. The monoisotopic (exact) mass is 622 g/mol. The summed E-state index contributed by atoms with van der Waals surface area (Å²) >= 11 is 0. The number of allylic oxidation sites excluding steroid dienone is 12. The summed E-state index contributed by atoms with van der Waals surface area (Å²) in [5.41, 5.74) is 0.631. The predicted octanol–water partition coefficient (Wildman–Crippen LogP) is 4.62. The second-order valence-electron chi connectivity index (χ2n) is 10.2. The van der Waals surface area contributed by atoms with Gasteiger partial charge in [0.15, 0.2) is 0 Å². The lowest BCUT2D eigenvalue weighted by Crippen LogP contribution is -2.49. The first-order valence-electron chi connectivity index (χ1n) is 15.6. The average molecular weight is 623 g/mol. The number of carbonyl (C=O) groups excluding carboxylic acids is 3. The van der Waals surface area contributed by atoms with E-state index in [2.05, 4.69) is 88.3 Å². The zero-order valence-electron chi connectivity index (χ0n) is 26.6. The number of esters is 1. The summed E-state index contributed by atoms with van der Waals surface area (Å²) in [5, 5.41) is 23.6. The number of hydrogen-bond acceptors (Lipinski definition) is 8. The van der Waals surface area contributed by atoms with E-state index in [1.54, 1.807) is 6.92 Å². The van der Waals surface area contributed by atoms with E-state index in [9.17, 15) is 24.6 Å². The van der Waals surface area contributed by atoms with Crippen molar-refractivity contribution in [3.05, 3.63) is 96.7 Å². The van der Waals surface area contributed by atoms with Crippen LogP contribution in [-0.2, 0) is 14.3 Å². The number of ether oxygens (including phenoxy) is 1. The third kappa shape index (κ3) is 20.4. The molecule has 1 unspecified atom stereocenters. The highest BCUT2D eigenvalue weighted by molar-refractivity contribution is 5.95. The fourth-order valence-corrected chi connectivity index (χ4v) is 3.56. The van der Waals surface area contributed by atoms with Gasteiger partial charge in [-0.2, -0.15) is 0 Å². The number of nitrogens with zero attached hydrogens (tertiary/aromatic N) is 2. The molecule has 1 heterocycles. The van der Waals surface area contributed by atoms with Crippen LogP contribution in [0.5, 0.6) is 0 Å². The molecule has 0 fully saturated rings. The van der Waals surface area contributed by atoms with Gasteiger partial charge in [0.25, 0.3) is 5.91 Å². The van der Waals surface area contributed by atoms with Crippen LogP contribution in [0.1, 0.15) is 74.5 Å². The highest BCUT2D eigenvalue weighted by atomic mass is 16.5. The summed E-state index contributed by atoms with van der Waals surface area (Å²) in [6.45, 7) is 2.68. The van der Waals surface area contributed by atoms with Crippen LogP contribution in [0.3, 0.4) is 0 Å². The number of nitrogens with one attached hydrogen (secondary N) is 2. The van der Waals surface area contributed by atoms with Gasteiger partial charge in [0.1, 0.15) is 11.7 Å².